The monoisotopic (exact) mass is 384 g/mol. The van der Waals surface area contributed by atoms with Gasteiger partial charge in [-0.2, -0.15) is 0 Å². The molecule has 0 aliphatic carbocycles. The standard InChI is InChI=1S/C15H14FIN2O/c16-12-7-5-11(6-8-12)9-19-15(20)10-18-14-4-2-1-3-13(14)17/h1-8,18H,9-10H2,(H,19,20). The van der Waals surface area contributed by atoms with Crippen molar-refractivity contribution in [3.63, 3.8) is 0 Å². The molecule has 0 saturated carbocycles. The lowest BCUT2D eigenvalue weighted by atomic mass is 10.2. The van der Waals surface area contributed by atoms with E-state index in [2.05, 4.69) is 33.2 Å². The molecule has 1 amide bonds. The fourth-order valence-corrected chi connectivity index (χ4v) is 2.22. The summed E-state index contributed by atoms with van der Waals surface area (Å²) in [6, 6.07) is 13.8. The number of hydrogen-bond donors (Lipinski definition) is 2. The summed E-state index contributed by atoms with van der Waals surface area (Å²) in [6.07, 6.45) is 0. The molecule has 0 spiro atoms. The zero-order chi connectivity index (χ0) is 14.4. The Hall–Kier alpha value is -1.63. The fraction of sp³-hybridized carbons (Fsp3) is 0.133. The van der Waals surface area contributed by atoms with Crippen molar-refractivity contribution < 1.29 is 9.18 Å². The van der Waals surface area contributed by atoms with Gasteiger partial charge < -0.3 is 10.6 Å². The zero-order valence-corrected chi connectivity index (χ0v) is 12.9. The highest BCUT2D eigenvalue weighted by Gasteiger charge is 2.03. The molecule has 0 radical (unpaired) electrons. The molecule has 0 bridgehead atoms. The van der Waals surface area contributed by atoms with E-state index in [1.807, 2.05) is 24.3 Å². The van der Waals surface area contributed by atoms with Gasteiger partial charge in [0.1, 0.15) is 5.82 Å². The van der Waals surface area contributed by atoms with Gasteiger partial charge in [-0.05, 0) is 52.4 Å². The first-order chi connectivity index (χ1) is 9.65. The van der Waals surface area contributed by atoms with Crippen LogP contribution in [0.25, 0.3) is 0 Å². The van der Waals surface area contributed by atoms with Crippen LogP contribution in [0.2, 0.25) is 0 Å². The number of benzene rings is 2. The molecule has 20 heavy (non-hydrogen) atoms. The zero-order valence-electron chi connectivity index (χ0n) is 10.7. The minimum absolute atomic E-state index is 0.103. The normalized spacial score (nSPS) is 10.1. The van der Waals surface area contributed by atoms with Gasteiger partial charge >= 0.3 is 0 Å². The van der Waals surface area contributed by atoms with E-state index in [4.69, 9.17) is 0 Å². The van der Waals surface area contributed by atoms with Gasteiger partial charge in [0, 0.05) is 15.8 Å². The van der Waals surface area contributed by atoms with Crippen molar-refractivity contribution in [2.45, 2.75) is 6.54 Å². The topological polar surface area (TPSA) is 41.1 Å². The minimum Gasteiger partial charge on any atom is -0.375 e. The second kappa shape index (κ2) is 7.23. The summed E-state index contributed by atoms with van der Waals surface area (Å²) in [6.45, 7) is 0.605. The maximum atomic E-state index is 12.7. The van der Waals surface area contributed by atoms with E-state index in [0.29, 0.717) is 6.54 Å². The van der Waals surface area contributed by atoms with Crippen molar-refractivity contribution in [1.29, 1.82) is 0 Å². The van der Waals surface area contributed by atoms with E-state index in [0.717, 1.165) is 14.8 Å². The fourth-order valence-electron chi connectivity index (χ4n) is 1.65. The average Bonchev–Trinajstić information content (AvgIpc) is 2.46. The molecule has 104 valence electrons. The third-order valence-corrected chi connectivity index (χ3v) is 3.66. The molecule has 0 fully saturated rings. The van der Waals surface area contributed by atoms with Crippen molar-refractivity contribution in [3.05, 3.63) is 63.5 Å². The molecule has 0 heterocycles. The number of para-hydroxylation sites is 1. The summed E-state index contributed by atoms with van der Waals surface area (Å²) in [4.78, 5) is 11.7. The largest absolute Gasteiger partial charge is 0.375 e. The summed E-state index contributed by atoms with van der Waals surface area (Å²) in [5.41, 5.74) is 1.80. The summed E-state index contributed by atoms with van der Waals surface area (Å²) >= 11 is 2.21. The van der Waals surface area contributed by atoms with Crippen LogP contribution in [-0.2, 0) is 11.3 Å². The molecule has 0 aliphatic heterocycles. The van der Waals surface area contributed by atoms with E-state index in [-0.39, 0.29) is 18.3 Å². The summed E-state index contributed by atoms with van der Waals surface area (Å²) < 4.78 is 13.8. The Labute approximate surface area is 130 Å². The Morgan fingerprint density at radius 2 is 1.80 bits per heavy atom. The van der Waals surface area contributed by atoms with Crippen molar-refractivity contribution in [2.75, 3.05) is 11.9 Å². The number of hydrogen-bond acceptors (Lipinski definition) is 2. The number of nitrogens with one attached hydrogen (secondary N) is 2. The Bertz CT molecular complexity index is 587. The molecule has 0 aliphatic rings. The van der Waals surface area contributed by atoms with Crippen LogP contribution in [0.4, 0.5) is 10.1 Å². The Balaban J connectivity index is 1.78. The van der Waals surface area contributed by atoms with Crippen LogP contribution in [0.15, 0.2) is 48.5 Å². The molecule has 2 N–H and O–H groups in total. The van der Waals surface area contributed by atoms with Crippen LogP contribution >= 0.6 is 22.6 Å². The van der Waals surface area contributed by atoms with E-state index >= 15 is 0 Å². The SMILES string of the molecule is O=C(CNc1ccccc1I)NCc1ccc(F)cc1. The minimum atomic E-state index is -0.277. The quantitative estimate of drug-likeness (QED) is 0.778. The van der Waals surface area contributed by atoms with E-state index in [1.54, 1.807) is 12.1 Å². The summed E-state index contributed by atoms with van der Waals surface area (Å²) in [5, 5.41) is 5.86. The van der Waals surface area contributed by atoms with Gasteiger partial charge in [0.15, 0.2) is 0 Å². The number of carbonyl (C=O) groups is 1. The van der Waals surface area contributed by atoms with Crippen LogP contribution in [0, 0.1) is 9.39 Å². The molecule has 2 rings (SSSR count). The van der Waals surface area contributed by atoms with Crippen LogP contribution in [0.3, 0.4) is 0 Å². The van der Waals surface area contributed by atoms with Crippen LogP contribution < -0.4 is 10.6 Å². The van der Waals surface area contributed by atoms with Gasteiger partial charge in [0.2, 0.25) is 5.91 Å². The summed E-state index contributed by atoms with van der Waals surface area (Å²) in [5.74, 6) is -0.380. The van der Waals surface area contributed by atoms with Gasteiger partial charge in [0.05, 0.1) is 6.54 Å². The first-order valence-electron chi connectivity index (χ1n) is 6.15. The molecular formula is C15H14FIN2O. The highest BCUT2D eigenvalue weighted by Crippen LogP contribution is 2.16. The summed E-state index contributed by atoms with van der Waals surface area (Å²) in [7, 11) is 0. The van der Waals surface area contributed by atoms with Crippen molar-refractivity contribution >= 4 is 34.2 Å². The maximum Gasteiger partial charge on any atom is 0.239 e. The predicted molar refractivity (Wildman–Crippen MR) is 85.9 cm³/mol. The smallest absolute Gasteiger partial charge is 0.239 e. The number of carbonyl (C=O) groups excluding carboxylic acids is 1. The van der Waals surface area contributed by atoms with Crippen molar-refractivity contribution in [2.24, 2.45) is 0 Å². The van der Waals surface area contributed by atoms with Crippen LogP contribution in [0.1, 0.15) is 5.56 Å². The second-order valence-corrected chi connectivity index (χ2v) is 5.40. The lowest BCUT2D eigenvalue weighted by molar-refractivity contribution is -0.119. The number of halogens is 2. The van der Waals surface area contributed by atoms with Crippen LogP contribution in [0.5, 0.6) is 0 Å². The highest BCUT2D eigenvalue weighted by atomic mass is 127. The Morgan fingerprint density at radius 3 is 2.50 bits per heavy atom. The van der Waals surface area contributed by atoms with E-state index in [1.165, 1.54) is 12.1 Å². The van der Waals surface area contributed by atoms with Crippen LogP contribution in [-0.4, -0.2) is 12.5 Å². The third kappa shape index (κ3) is 4.48. The second-order valence-electron chi connectivity index (χ2n) is 4.24. The van der Waals surface area contributed by atoms with E-state index in [9.17, 15) is 9.18 Å². The lowest BCUT2D eigenvalue weighted by Gasteiger charge is -2.09. The van der Waals surface area contributed by atoms with Crippen molar-refractivity contribution in [1.82, 2.24) is 5.32 Å². The van der Waals surface area contributed by atoms with Gasteiger partial charge in [0.25, 0.3) is 0 Å². The maximum absolute atomic E-state index is 12.7. The molecule has 0 aromatic heterocycles. The van der Waals surface area contributed by atoms with Gasteiger partial charge in [-0.1, -0.05) is 24.3 Å². The lowest BCUT2D eigenvalue weighted by Crippen LogP contribution is -2.29. The van der Waals surface area contributed by atoms with Crippen molar-refractivity contribution in [3.8, 4) is 0 Å². The van der Waals surface area contributed by atoms with Gasteiger partial charge in [-0.25, -0.2) is 4.39 Å². The number of amides is 1. The highest BCUT2D eigenvalue weighted by molar-refractivity contribution is 14.1. The molecule has 0 saturated heterocycles. The third-order valence-electron chi connectivity index (χ3n) is 2.72. The molecule has 5 heteroatoms. The average molecular weight is 384 g/mol. The molecule has 3 nitrogen and oxygen atoms in total. The number of anilines is 1. The predicted octanol–water partition coefficient (Wildman–Crippen LogP) is 3.16. The Morgan fingerprint density at radius 1 is 1.10 bits per heavy atom. The first-order valence-corrected chi connectivity index (χ1v) is 7.22. The molecule has 0 atom stereocenters. The molecule has 0 unspecified atom stereocenters. The first kappa shape index (κ1) is 14.8. The molecule has 2 aromatic rings. The molecule has 2 aromatic carbocycles. The van der Waals surface area contributed by atoms with Gasteiger partial charge in [-0.15, -0.1) is 0 Å². The van der Waals surface area contributed by atoms with Gasteiger partial charge in [-0.3, -0.25) is 4.79 Å². The molecular weight excluding hydrogens is 370 g/mol. The Kier molecular flexibility index (Phi) is 5.34. The van der Waals surface area contributed by atoms with E-state index < -0.39 is 0 Å². The number of rotatable bonds is 5.